The van der Waals surface area contributed by atoms with E-state index in [1.165, 1.54) is 6.42 Å². The van der Waals surface area contributed by atoms with Crippen molar-refractivity contribution in [3.8, 4) is 6.07 Å². The first-order valence-corrected chi connectivity index (χ1v) is 3.35. The molecule has 1 atom stereocenters. The summed E-state index contributed by atoms with van der Waals surface area (Å²) in [6, 6.07) is 1.97. The maximum absolute atomic E-state index is 8.12. The summed E-state index contributed by atoms with van der Waals surface area (Å²) < 4.78 is 0. The number of hydrogen-bond donors (Lipinski definition) is 0. The van der Waals surface area contributed by atoms with Gasteiger partial charge in [0.25, 0.3) is 0 Å². The third-order valence-electron chi connectivity index (χ3n) is 1.43. The summed E-state index contributed by atoms with van der Waals surface area (Å²) in [5.41, 5.74) is 0. The molecular weight excluding hydrogens is 110 g/mol. The molecule has 9 heavy (non-hydrogen) atoms. The minimum Gasteiger partial charge on any atom is -0.193 e. The Bertz CT molecular complexity index is 119. The van der Waals surface area contributed by atoms with E-state index in [1.807, 2.05) is 12.1 Å². The van der Waals surface area contributed by atoms with Crippen molar-refractivity contribution in [3.05, 3.63) is 12.2 Å². The molecule has 1 heteroatoms. The van der Waals surface area contributed by atoms with Crippen molar-refractivity contribution >= 4 is 0 Å². The molecule has 0 amide bonds. The largest absolute Gasteiger partial charge is 0.193 e. The second-order valence-electron chi connectivity index (χ2n) is 2.28. The van der Waals surface area contributed by atoms with E-state index in [9.17, 15) is 0 Å². The van der Waals surface area contributed by atoms with Crippen molar-refractivity contribution in [2.75, 3.05) is 0 Å². The van der Waals surface area contributed by atoms with Gasteiger partial charge in [-0.15, -0.1) is 0 Å². The van der Waals surface area contributed by atoms with Crippen LogP contribution in [0.15, 0.2) is 12.2 Å². The summed E-state index contributed by atoms with van der Waals surface area (Å²) in [5.74, 6) is 0.717. The van der Waals surface area contributed by atoms with Crippen molar-refractivity contribution in [1.29, 1.82) is 5.26 Å². The van der Waals surface area contributed by atoms with Gasteiger partial charge in [0.05, 0.1) is 6.07 Å². The molecule has 0 aliphatic heterocycles. The Kier molecular flexibility index (Phi) is 4.91. The fraction of sp³-hybridized carbons (Fsp3) is 0.625. The molecule has 0 aliphatic rings. The lowest BCUT2D eigenvalue weighted by atomic mass is 10.1. The highest BCUT2D eigenvalue weighted by atomic mass is 14.2. The van der Waals surface area contributed by atoms with Crippen LogP contribution in [0.4, 0.5) is 0 Å². The van der Waals surface area contributed by atoms with Crippen LogP contribution in [0, 0.1) is 17.2 Å². The third kappa shape index (κ3) is 5.10. The van der Waals surface area contributed by atoms with Gasteiger partial charge in [-0.1, -0.05) is 26.3 Å². The predicted octanol–water partition coefficient (Wildman–Crippen LogP) is 2.50. The van der Waals surface area contributed by atoms with Crippen LogP contribution in [0.1, 0.15) is 26.7 Å². The van der Waals surface area contributed by atoms with E-state index in [-0.39, 0.29) is 0 Å². The average Bonchev–Trinajstić information content (AvgIpc) is 1.89. The summed E-state index contributed by atoms with van der Waals surface area (Å²) in [4.78, 5) is 0. The zero-order valence-electron chi connectivity index (χ0n) is 6.09. The Balaban J connectivity index is 3.28. The molecule has 0 aliphatic carbocycles. The highest BCUT2D eigenvalue weighted by Crippen LogP contribution is 2.05. The van der Waals surface area contributed by atoms with Crippen molar-refractivity contribution in [2.45, 2.75) is 26.7 Å². The van der Waals surface area contributed by atoms with Crippen LogP contribution >= 0.6 is 0 Å². The first-order valence-electron chi connectivity index (χ1n) is 3.35. The van der Waals surface area contributed by atoms with E-state index >= 15 is 0 Å². The molecule has 1 unspecified atom stereocenters. The van der Waals surface area contributed by atoms with Crippen LogP contribution < -0.4 is 0 Å². The zero-order valence-corrected chi connectivity index (χ0v) is 6.09. The van der Waals surface area contributed by atoms with Crippen LogP contribution in [-0.2, 0) is 0 Å². The minimum atomic E-state index is 0.717. The van der Waals surface area contributed by atoms with Gasteiger partial charge in [-0.25, -0.2) is 0 Å². The summed E-state index contributed by atoms with van der Waals surface area (Å²) in [7, 11) is 0. The highest BCUT2D eigenvalue weighted by Gasteiger charge is 1.91. The summed E-state index contributed by atoms with van der Waals surface area (Å²) >= 11 is 0. The molecule has 0 aromatic heterocycles. The van der Waals surface area contributed by atoms with Gasteiger partial charge in [0, 0.05) is 6.08 Å². The van der Waals surface area contributed by atoms with Crippen LogP contribution in [0.25, 0.3) is 0 Å². The molecule has 0 bridgehead atoms. The molecule has 0 aromatic carbocycles. The number of nitrogens with zero attached hydrogens (tertiary/aromatic N) is 1. The van der Waals surface area contributed by atoms with Crippen molar-refractivity contribution < 1.29 is 0 Å². The lowest BCUT2D eigenvalue weighted by Gasteiger charge is -2.00. The summed E-state index contributed by atoms with van der Waals surface area (Å²) in [6.45, 7) is 4.34. The quantitative estimate of drug-likeness (QED) is 0.529. The molecule has 0 aromatic rings. The fourth-order valence-electron chi connectivity index (χ4n) is 0.520. The highest BCUT2D eigenvalue weighted by molar-refractivity contribution is 5.01. The fourth-order valence-corrected chi connectivity index (χ4v) is 0.520. The Labute approximate surface area is 57.0 Å². The van der Waals surface area contributed by atoms with Gasteiger partial charge in [-0.05, 0) is 12.3 Å². The predicted molar refractivity (Wildman–Crippen MR) is 38.8 cm³/mol. The molecule has 0 N–H and O–H groups in total. The van der Waals surface area contributed by atoms with Crippen molar-refractivity contribution in [1.82, 2.24) is 0 Å². The smallest absolute Gasteiger partial charge is 0.0908 e. The summed E-state index contributed by atoms with van der Waals surface area (Å²) in [6.07, 6.45) is 5.69. The Morgan fingerprint density at radius 3 is 2.78 bits per heavy atom. The first kappa shape index (κ1) is 8.23. The van der Waals surface area contributed by atoms with Gasteiger partial charge in [-0.2, -0.15) is 5.26 Å². The van der Waals surface area contributed by atoms with E-state index in [2.05, 4.69) is 13.8 Å². The molecule has 1 nitrogen and oxygen atoms in total. The topological polar surface area (TPSA) is 23.8 Å². The van der Waals surface area contributed by atoms with Gasteiger partial charge in [-0.3, -0.25) is 0 Å². The van der Waals surface area contributed by atoms with Gasteiger partial charge >= 0.3 is 0 Å². The summed E-state index contributed by atoms with van der Waals surface area (Å²) in [5, 5.41) is 8.12. The molecule has 0 fully saturated rings. The first-order chi connectivity index (χ1) is 4.31. The molecule has 0 heterocycles. The molecule has 0 spiro atoms. The average molecular weight is 123 g/mol. The van der Waals surface area contributed by atoms with Crippen molar-refractivity contribution in [3.63, 3.8) is 0 Å². The van der Waals surface area contributed by atoms with Gasteiger partial charge in [0.2, 0.25) is 0 Å². The van der Waals surface area contributed by atoms with Gasteiger partial charge < -0.3 is 0 Å². The van der Waals surface area contributed by atoms with Crippen LogP contribution in [0.3, 0.4) is 0 Å². The number of rotatable bonds is 3. The van der Waals surface area contributed by atoms with E-state index in [0.29, 0.717) is 0 Å². The van der Waals surface area contributed by atoms with E-state index < -0.39 is 0 Å². The lowest BCUT2D eigenvalue weighted by Crippen LogP contribution is -1.87. The van der Waals surface area contributed by atoms with Crippen LogP contribution in [0.5, 0.6) is 0 Å². The van der Waals surface area contributed by atoms with Gasteiger partial charge in [0.1, 0.15) is 0 Å². The Morgan fingerprint density at radius 1 is 1.67 bits per heavy atom. The van der Waals surface area contributed by atoms with E-state index in [1.54, 1.807) is 6.08 Å². The third-order valence-corrected chi connectivity index (χ3v) is 1.43. The maximum atomic E-state index is 8.12. The van der Waals surface area contributed by atoms with E-state index in [4.69, 9.17) is 5.26 Å². The van der Waals surface area contributed by atoms with Gasteiger partial charge in [0.15, 0.2) is 0 Å². The molecule has 50 valence electrons. The molecule has 0 rings (SSSR count). The van der Waals surface area contributed by atoms with Crippen molar-refractivity contribution in [2.24, 2.45) is 5.92 Å². The molecule has 0 saturated heterocycles. The molecular formula is C8H13N. The SMILES string of the molecule is CCC(C)C/C=C/C#N. The second kappa shape index (κ2) is 5.37. The lowest BCUT2D eigenvalue weighted by molar-refractivity contribution is 0.572. The Morgan fingerprint density at radius 2 is 2.33 bits per heavy atom. The number of hydrogen-bond acceptors (Lipinski definition) is 1. The monoisotopic (exact) mass is 123 g/mol. The zero-order chi connectivity index (χ0) is 7.11. The Hall–Kier alpha value is -0.770. The normalized spacial score (nSPS) is 13.4. The maximum Gasteiger partial charge on any atom is 0.0908 e. The number of allylic oxidation sites excluding steroid dienone is 2. The minimum absolute atomic E-state index is 0.717. The molecule has 0 radical (unpaired) electrons. The molecule has 0 saturated carbocycles. The van der Waals surface area contributed by atoms with Crippen LogP contribution in [-0.4, -0.2) is 0 Å². The standard InChI is InChI=1S/C8H13N/c1-3-8(2)6-4-5-7-9/h4-5,8H,3,6H2,1-2H3/b5-4+. The number of nitriles is 1. The van der Waals surface area contributed by atoms with Crippen LogP contribution in [0.2, 0.25) is 0 Å². The second-order valence-corrected chi connectivity index (χ2v) is 2.28. The van der Waals surface area contributed by atoms with E-state index in [0.717, 1.165) is 12.3 Å².